The highest BCUT2D eigenvalue weighted by molar-refractivity contribution is 6.24. The summed E-state index contributed by atoms with van der Waals surface area (Å²) in [6.45, 7) is 2.22. The summed E-state index contributed by atoms with van der Waals surface area (Å²) in [5, 5.41) is 11.4. The first-order valence-corrected chi connectivity index (χ1v) is 12.4. The van der Waals surface area contributed by atoms with Gasteiger partial charge in [0.15, 0.2) is 0 Å². The molecule has 3 aromatic carbocycles. The van der Waals surface area contributed by atoms with Crippen molar-refractivity contribution < 1.29 is 28.7 Å². The number of carbonyl (C=O) groups excluding carboxylic acids is 3. The molecule has 39 heavy (non-hydrogen) atoms. The van der Waals surface area contributed by atoms with E-state index in [0.717, 1.165) is 16.7 Å². The van der Waals surface area contributed by atoms with Gasteiger partial charge in [-0.05, 0) is 58.7 Å². The van der Waals surface area contributed by atoms with Gasteiger partial charge in [0, 0.05) is 36.8 Å². The number of halogens is 1. The van der Waals surface area contributed by atoms with Gasteiger partial charge >= 0.3 is 0 Å². The zero-order valence-electron chi connectivity index (χ0n) is 21.1. The van der Waals surface area contributed by atoms with Crippen LogP contribution in [0, 0.1) is 5.82 Å². The Morgan fingerprint density at radius 3 is 2.13 bits per heavy atom. The minimum Gasteiger partial charge on any atom is -0.378 e. The van der Waals surface area contributed by atoms with E-state index < -0.39 is 5.91 Å². The van der Waals surface area contributed by atoms with Gasteiger partial charge in [-0.3, -0.25) is 19.6 Å². The Balaban J connectivity index is 1.41. The van der Waals surface area contributed by atoms with E-state index in [2.05, 4.69) is 5.32 Å². The zero-order chi connectivity index (χ0) is 27.6. The molecule has 0 saturated carbocycles. The normalized spacial score (nSPS) is 13.8. The van der Waals surface area contributed by atoms with Crippen molar-refractivity contribution >= 4 is 35.4 Å². The fraction of sp³-hybridized carbons (Fsp3) is 0.167. The van der Waals surface area contributed by atoms with Gasteiger partial charge in [-0.1, -0.05) is 48.5 Å². The van der Waals surface area contributed by atoms with E-state index in [1.54, 1.807) is 58.9 Å². The third-order valence-corrected chi connectivity index (χ3v) is 6.14. The Kier molecular flexibility index (Phi) is 9.34. The van der Waals surface area contributed by atoms with Gasteiger partial charge < -0.3 is 15.0 Å². The van der Waals surface area contributed by atoms with E-state index in [1.165, 1.54) is 18.2 Å². The SMILES string of the molecule is O=C(C=Cc1ccc(C=C(C(=O)N2CCOCC2)c2ccc(F)cc2)cc1)NCc1ccc(C(=O)NO)cc1. The van der Waals surface area contributed by atoms with Crippen LogP contribution in [-0.4, -0.2) is 54.1 Å². The molecular formula is C30H28FN3O5. The highest BCUT2D eigenvalue weighted by atomic mass is 19.1. The topological polar surface area (TPSA) is 108 Å². The number of hydrogen-bond acceptors (Lipinski definition) is 5. The number of nitrogens with one attached hydrogen (secondary N) is 2. The highest BCUT2D eigenvalue weighted by Crippen LogP contribution is 2.22. The first-order valence-electron chi connectivity index (χ1n) is 12.4. The number of ether oxygens (including phenoxy) is 1. The summed E-state index contributed by atoms with van der Waals surface area (Å²) in [6.07, 6.45) is 4.88. The lowest BCUT2D eigenvalue weighted by Gasteiger charge is -2.28. The van der Waals surface area contributed by atoms with Crippen LogP contribution in [0.15, 0.2) is 78.9 Å². The molecule has 0 unspecified atom stereocenters. The molecule has 0 aliphatic carbocycles. The highest BCUT2D eigenvalue weighted by Gasteiger charge is 2.22. The maximum atomic E-state index is 13.5. The van der Waals surface area contributed by atoms with Crippen LogP contribution < -0.4 is 10.8 Å². The molecule has 3 aromatic rings. The first kappa shape index (κ1) is 27.4. The Labute approximate surface area is 225 Å². The molecule has 0 atom stereocenters. The molecule has 0 radical (unpaired) electrons. The number of amides is 3. The molecule has 3 amide bonds. The van der Waals surface area contributed by atoms with Gasteiger partial charge in [0.1, 0.15) is 5.82 Å². The second kappa shape index (κ2) is 13.3. The van der Waals surface area contributed by atoms with Crippen LogP contribution in [-0.2, 0) is 20.9 Å². The number of hydrogen-bond donors (Lipinski definition) is 3. The second-order valence-electron chi connectivity index (χ2n) is 8.83. The Hall–Kier alpha value is -4.60. The molecular weight excluding hydrogens is 501 g/mol. The summed E-state index contributed by atoms with van der Waals surface area (Å²) in [7, 11) is 0. The number of morpholine rings is 1. The molecule has 3 N–H and O–H groups in total. The Morgan fingerprint density at radius 1 is 0.872 bits per heavy atom. The summed E-state index contributed by atoms with van der Waals surface area (Å²) in [4.78, 5) is 38.6. The third kappa shape index (κ3) is 7.70. The van der Waals surface area contributed by atoms with Crippen molar-refractivity contribution in [3.8, 4) is 0 Å². The largest absolute Gasteiger partial charge is 0.378 e. The molecule has 200 valence electrons. The van der Waals surface area contributed by atoms with Crippen molar-refractivity contribution in [2.24, 2.45) is 0 Å². The summed E-state index contributed by atoms with van der Waals surface area (Å²) >= 11 is 0. The lowest BCUT2D eigenvalue weighted by Crippen LogP contribution is -2.41. The van der Waals surface area contributed by atoms with Crippen molar-refractivity contribution in [2.45, 2.75) is 6.54 Å². The molecule has 1 saturated heterocycles. The molecule has 4 rings (SSSR count). The van der Waals surface area contributed by atoms with Crippen LogP contribution in [0.1, 0.15) is 32.6 Å². The fourth-order valence-corrected chi connectivity index (χ4v) is 3.96. The van der Waals surface area contributed by atoms with Crippen LogP contribution >= 0.6 is 0 Å². The monoisotopic (exact) mass is 529 g/mol. The predicted molar refractivity (Wildman–Crippen MR) is 145 cm³/mol. The van der Waals surface area contributed by atoms with Gasteiger partial charge in [0.2, 0.25) is 5.91 Å². The lowest BCUT2D eigenvalue weighted by atomic mass is 10.0. The fourth-order valence-electron chi connectivity index (χ4n) is 3.96. The molecule has 8 nitrogen and oxygen atoms in total. The van der Waals surface area contributed by atoms with Gasteiger partial charge in [-0.15, -0.1) is 0 Å². The Bertz CT molecular complexity index is 1360. The van der Waals surface area contributed by atoms with Crippen LogP contribution in [0.4, 0.5) is 4.39 Å². The number of nitrogens with zero attached hydrogens (tertiary/aromatic N) is 1. The lowest BCUT2D eigenvalue weighted by molar-refractivity contribution is -0.128. The summed E-state index contributed by atoms with van der Waals surface area (Å²) in [5.74, 6) is -1.41. The van der Waals surface area contributed by atoms with Crippen LogP contribution in [0.25, 0.3) is 17.7 Å². The molecule has 1 heterocycles. The van der Waals surface area contributed by atoms with Crippen molar-refractivity contribution in [1.29, 1.82) is 0 Å². The van der Waals surface area contributed by atoms with E-state index in [1.807, 2.05) is 24.3 Å². The number of carbonyl (C=O) groups is 3. The first-order chi connectivity index (χ1) is 18.9. The minimum absolute atomic E-state index is 0.142. The van der Waals surface area contributed by atoms with E-state index in [-0.39, 0.29) is 24.2 Å². The zero-order valence-corrected chi connectivity index (χ0v) is 21.1. The molecule has 1 aliphatic heterocycles. The molecule has 9 heteroatoms. The van der Waals surface area contributed by atoms with Gasteiger partial charge in [-0.2, -0.15) is 0 Å². The average Bonchev–Trinajstić information content (AvgIpc) is 2.99. The number of benzene rings is 3. The van der Waals surface area contributed by atoms with Crippen molar-refractivity contribution in [2.75, 3.05) is 26.3 Å². The van der Waals surface area contributed by atoms with Crippen molar-refractivity contribution in [3.63, 3.8) is 0 Å². The van der Waals surface area contributed by atoms with Crippen LogP contribution in [0.5, 0.6) is 0 Å². The van der Waals surface area contributed by atoms with Crippen LogP contribution in [0.2, 0.25) is 0 Å². The van der Waals surface area contributed by atoms with Crippen molar-refractivity contribution in [1.82, 2.24) is 15.7 Å². The smallest absolute Gasteiger partial charge is 0.274 e. The standard InChI is InChI=1S/C30H28FN3O5/c31-26-12-10-24(11-13-26)27(30(37)34-15-17-39-18-16-34)19-22-3-1-21(2-4-22)7-14-28(35)32-20-23-5-8-25(9-6-23)29(36)33-38/h1-14,19,38H,15-18,20H2,(H,32,35)(H,33,36). The number of hydroxylamine groups is 1. The van der Waals surface area contributed by atoms with Gasteiger partial charge in [-0.25, -0.2) is 9.87 Å². The third-order valence-electron chi connectivity index (χ3n) is 6.14. The molecule has 0 bridgehead atoms. The van der Waals surface area contributed by atoms with E-state index in [9.17, 15) is 18.8 Å². The molecule has 0 aromatic heterocycles. The van der Waals surface area contributed by atoms with Crippen LogP contribution in [0.3, 0.4) is 0 Å². The summed E-state index contributed by atoms with van der Waals surface area (Å²) in [6, 6.07) is 19.7. The van der Waals surface area contributed by atoms with E-state index in [0.29, 0.717) is 43.0 Å². The molecule has 1 aliphatic rings. The molecule has 1 fully saturated rings. The predicted octanol–water partition coefficient (Wildman–Crippen LogP) is 3.67. The maximum absolute atomic E-state index is 13.5. The minimum atomic E-state index is -0.606. The Morgan fingerprint density at radius 2 is 1.49 bits per heavy atom. The molecule has 0 spiro atoms. The van der Waals surface area contributed by atoms with E-state index >= 15 is 0 Å². The summed E-state index contributed by atoms with van der Waals surface area (Å²) < 4.78 is 18.9. The van der Waals surface area contributed by atoms with E-state index in [4.69, 9.17) is 9.94 Å². The van der Waals surface area contributed by atoms with Gasteiger partial charge in [0.05, 0.1) is 13.2 Å². The second-order valence-corrected chi connectivity index (χ2v) is 8.83. The summed E-state index contributed by atoms with van der Waals surface area (Å²) in [5.41, 5.74) is 5.34. The quantitative estimate of drug-likeness (QED) is 0.179. The van der Waals surface area contributed by atoms with Crippen molar-refractivity contribution in [3.05, 3.63) is 113 Å². The number of rotatable bonds is 8. The van der Waals surface area contributed by atoms with Gasteiger partial charge in [0.25, 0.3) is 11.8 Å². The maximum Gasteiger partial charge on any atom is 0.274 e. The average molecular weight is 530 g/mol.